The van der Waals surface area contributed by atoms with Gasteiger partial charge in [0.15, 0.2) is 0 Å². The van der Waals surface area contributed by atoms with E-state index in [0.717, 1.165) is 0 Å². The Morgan fingerprint density at radius 1 is 1.56 bits per heavy atom. The third kappa shape index (κ3) is 5.13. The first-order valence-corrected chi connectivity index (χ1v) is 5.56. The van der Waals surface area contributed by atoms with Gasteiger partial charge in [-0.05, 0) is 18.6 Å². The number of rotatable bonds is 7. The summed E-state index contributed by atoms with van der Waals surface area (Å²) in [6, 6.07) is 0. The van der Waals surface area contributed by atoms with Gasteiger partial charge in [0, 0.05) is 0 Å². The highest BCUT2D eigenvalue weighted by molar-refractivity contribution is 5.90. The van der Waals surface area contributed by atoms with Crippen molar-refractivity contribution in [3.05, 3.63) is 35.6 Å². The summed E-state index contributed by atoms with van der Waals surface area (Å²) in [5, 5.41) is 17.4. The molecular formula is C12H17NO5. The second kappa shape index (κ2) is 7.65. The van der Waals surface area contributed by atoms with Gasteiger partial charge in [0.1, 0.15) is 18.6 Å². The number of aliphatic hydroxyl groups is 1. The number of ether oxygens (including phenoxy) is 2. The fourth-order valence-electron chi connectivity index (χ4n) is 1.30. The number of allylic oxidation sites excluding steroid dienone is 3. The Morgan fingerprint density at radius 3 is 3.00 bits per heavy atom. The highest BCUT2D eigenvalue weighted by atomic mass is 16.5. The van der Waals surface area contributed by atoms with Gasteiger partial charge in [-0.25, -0.2) is 4.79 Å². The minimum atomic E-state index is -1.01. The number of carboxylic acids is 1. The van der Waals surface area contributed by atoms with Gasteiger partial charge in [0.25, 0.3) is 0 Å². The molecule has 1 aliphatic rings. The Labute approximate surface area is 105 Å². The molecule has 0 aromatic heterocycles. The summed E-state index contributed by atoms with van der Waals surface area (Å²) in [5.74, 6) is -0.566. The van der Waals surface area contributed by atoms with E-state index in [1.54, 1.807) is 12.2 Å². The average molecular weight is 255 g/mol. The molecule has 0 fully saturated rings. The molecule has 6 heteroatoms. The molecule has 18 heavy (non-hydrogen) atoms. The van der Waals surface area contributed by atoms with Crippen molar-refractivity contribution in [2.24, 2.45) is 5.73 Å². The highest BCUT2D eigenvalue weighted by Gasteiger charge is 2.09. The molecule has 6 nitrogen and oxygen atoms in total. The molecule has 0 saturated carbocycles. The molecule has 1 atom stereocenters. The van der Waals surface area contributed by atoms with E-state index in [1.165, 1.54) is 12.2 Å². The summed E-state index contributed by atoms with van der Waals surface area (Å²) in [7, 11) is 0. The molecule has 0 aromatic carbocycles. The Hall–Kier alpha value is -1.63. The summed E-state index contributed by atoms with van der Waals surface area (Å²) in [4.78, 5) is 10.9. The molecule has 1 rings (SSSR count). The smallest absolute Gasteiger partial charge is 0.335 e. The van der Waals surface area contributed by atoms with Crippen LogP contribution in [0.25, 0.3) is 0 Å². The lowest BCUT2D eigenvalue weighted by Gasteiger charge is -2.14. The van der Waals surface area contributed by atoms with Crippen LogP contribution in [0.2, 0.25) is 0 Å². The predicted molar refractivity (Wildman–Crippen MR) is 64.5 cm³/mol. The van der Waals surface area contributed by atoms with Gasteiger partial charge in [0.2, 0.25) is 0 Å². The molecule has 4 N–H and O–H groups in total. The summed E-state index contributed by atoms with van der Waals surface area (Å²) >= 11 is 0. The Kier molecular flexibility index (Phi) is 6.13. The SMILES string of the molecule is NC(COC1=CCC=CC(C(=O)O)=C1)OCCO. The van der Waals surface area contributed by atoms with Crippen molar-refractivity contribution in [1.82, 2.24) is 0 Å². The van der Waals surface area contributed by atoms with Gasteiger partial charge in [-0.2, -0.15) is 0 Å². The number of aliphatic carboxylic acids is 1. The summed E-state index contributed by atoms with van der Waals surface area (Å²) < 4.78 is 10.4. The maximum atomic E-state index is 10.9. The first-order chi connectivity index (χ1) is 8.63. The third-order valence-electron chi connectivity index (χ3n) is 2.13. The molecule has 0 heterocycles. The molecule has 0 aliphatic heterocycles. The van der Waals surface area contributed by atoms with Crippen LogP contribution in [-0.4, -0.2) is 42.2 Å². The topological polar surface area (TPSA) is 102 Å². The molecule has 1 aliphatic carbocycles. The highest BCUT2D eigenvalue weighted by Crippen LogP contribution is 2.12. The predicted octanol–water partition coefficient (Wildman–Crippen LogP) is 0.151. The second-order valence-corrected chi connectivity index (χ2v) is 3.59. The zero-order valence-electron chi connectivity index (χ0n) is 9.91. The number of aliphatic hydroxyl groups excluding tert-OH is 1. The van der Waals surface area contributed by atoms with Crippen molar-refractivity contribution in [3.8, 4) is 0 Å². The minimum Gasteiger partial charge on any atom is -0.490 e. The number of nitrogens with two attached hydrogens (primary N) is 1. The normalized spacial score (nSPS) is 16.6. The van der Waals surface area contributed by atoms with Crippen LogP contribution in [0.15, 0.2) is 35.6 Å². The summed E-state index contributed by atoms with van der Waals surface area (Å²) in [5.41, 5.74) is 5.73. The van der Waals surface area contributed by atoms with Crippen LogP contribution in [0, 0.1) is 0 Å². The summed E-state index contributed by atoms with van der Waals surface area (Å²) in [6.45, 7) is 0.125. The fraction of sp³-hybridized carbons (Fsp3) is 0.417. The van der Waals surface area contributed by atoms with E-state index in [0.29, 0.717) is 12.2 Å². The van der Waals surface area contributed by atoms with Crippen molar-refractivity contribution >= 4 is 5.97 Å². The monoisotopic (exact) mass is 255 g/mol. The number of carbonyl (C=O) groups is 1. The zero-order valence-corrected chi connectivity index (χ0v) is 9.91. The maximum Gasteiger partial charge on any atom is 0.335 e. The second-order valence-electron chi connectivity index (χ2n) is 3.59. The van der Waals surface area contributed by atoms with Crippen LogP contribution in [0.4, 0.5) is 0 Å². The first-order valence-electron chi connectivity index (χ1n) is 5.56. The van der Waals surface area contributed by atoms with E-state index in [4.69, 9.17) is 25.4 Å². The number of hydrogen-bond acceptors (Lipinski definition) is 5. The van der Waals surface area contributed by atoms with Crippen LogP contribution in [0.5, 0.6) is 0 Å². The van der Waals surface area contributed by atoms with E-state index >= 15 is 0 Å². The van der Waals surface area contributed by atoms with Crippen molar-refractivity contribution in [1.29, 1.82) is 0 Å². The molecule has 100 valence electrons. The van der Waals surface area contributed by atoms with Crippen LogP contribution in [0.3, 0.4) is 0 Å². The van der Waals surface area contributed by atoms with Gasteiger partial charge < -0.3 is 25.4 Å². The van der Waals surface area contributed by atoms with Crippen molar-refractivity contribution < 1.29 is 24.5 Å². The Balaban J connectivity index is 2.49. The molecule has 0 radical (unpaired) electrons. The van der Waals surface area contributed by atoms with E-state index in [2.05, 4.69) is 0 Å². The van der Waals surface area contributed by atoms with Crippen LogP contribution in [-0.2, 0) is 14.3 Å². The lowest BCUT2D eigenvalue weighted by molar-refractivity contribution is -0.132. The van der Waals surface area contributed by atoms with Crippen LogP contribution >= 0.6 is 0 Å². The third-order valence-corrected chi connectivity index (χ3v) is 2.13. The first kappa shape index (κ1) is 14.4. The molecule has 0 spiro atoms. The molecule has 0 aromatic rings. The van der Waals surface area contributed by atoms with E-state index in [1.807, 2.05) is 0 Å². The van der Waals surface area contributed by atoms with Crippen molar-refractivity contribution in [3.63, 3.8) is 0 Å². The van der Waals surface area contributed by atoms with Gasteiger partial charge in [-0.15, -0.1) is 0 Å². The molecular weight excluding hydrogens is 238 g/mol. The minimum absolute atomic E-state index is 0.0925. The quantitative estimate of drug-likeness (QED) is 0.560. The Bertz CT molecular complexity index is 373. The summed E-state index contributed by atoms with van der Waals surface area (Å²) in [6.07, 6.45) is 6.39. The van der Waals surface area contributed by atoms with Crippen molar-refractivity contribution in [2.45, 2.75) is 12.6 Å². The lowest BCUT2D eigenvalue weighted by Crippen LogP contribution is -2.30. The van der Waals surface area contributed by atoms with Gasteiger partial charge in [0.05, 0.1) is 18.8 Å². The lowest BCUT2D eigenvalue weighted by atomic mass is 10.2. The maximum absolute atomic E-state index is 10.9. The number of hydrogen-bond donors (Lipinski definition) is 3. The fourth-order valence-corrected chi connectivity index (χ4v) is 1.30. The zero-order chi connectivity index (χ0) is 13.4. The van der Waals surface area contributed by atoms with Crippen LogP contribution < -0.4 is 5.73 Å². The molecule has 0 saturated heterocycles. The standard InChI is InChI=1S/C12H17NO5/c13-11(17-6-5-14)8-18-10-4-2-1-3-9(7-10)12(15)16/h1,3-4,7,11,14H,2,5-6,8,13H2,(H,15,16). The number of carboxylic acid groups (broad SMARTS) is 1. The van der Waals surface area contributed by atoms with E-state index < -0.39 is 12.2 Å². The molecule has 1 unspecified atom stereocenters. The van der Waals surface area contributed by atoms with Crippen molar-refractivity contribution in [2.75, 3.05) is 19.8 Å². The van der Waals surface area contributed by atoms with E-state index in [9.17, 15) is 4.79 Å². The van der Waals surface area contributed by atoms with Gasteiger partial charge in [-0.3, -0.25) is 0 Å². The molecule has 0 amide bonds. The largest absolute Gasteiger partial charge is 0.490 e. The van der Waals surface area contributed by atoms with Crippen LogP contribution in [0.1, 0.15) is 6.42 Å². The van der Waals surface area contributed by atoms with Gasteiger partial charge in [-0.1, -0.05) is 12.2 Å². The van der Waals surface area contributed by atoms with E-state index in [-0.39, 0.29) is 25.4 Å². The van der Waals surface area contributed by atoms with Gasteiger partial charge >= 0.3 is 5.97 Å². The molecule has 0 bridgehead atoms. The average Bonchev–Trinajstić information content (AvgIpc) is 2.59. The Morgan fingerprint density at radius 2 is 2.33 bits per heavy atom.